The molecule has 0 saturated heterocycles. The van der Waals surface area contributed by atoms with Gasteiger partial charge in [-0.25, -0.2) is 9.97 Å². The Hall–Kier alpha value is -5.18. The summed E-state index contributed by atoms with van der Waals surface area (Å²) in [4.78, 5) is 59.4. The number of hydrogen-bond donors (Lipinski definition) is 3. The van der Waals surface area contributed by atoms with Gasteiger partial charge in [-0.1, -0.05) is 60.7 Å². The highest BCUT2D eigenvalue weighted by atomic mass is 16.2. The fraction of sp³-hybridized carbons (Fsp3) is 0.161. The van der Waals surface area contributed by atoms with E-state index in [9.17, 15) is 19.2 Å². The molecular formula is C31H27N5O4. The van der Waals surface area contributed by atoms with Gasteiger partial charge in [-0.3, -0.25) is 19.2 Å². The monoisotopic (exact) mass is 533 g/mol. The molecule has 3 amide bonds. The van der Waals surface area contributed by atoms with E-state index < -0.39 is 5.91 Å². The topological polar surface area (TPSA) is 130 Å². The predicted molar refractivity (Wildman–Crippen MR) is 148 cm³/mol. The van der Waals surface area contributed by atoms with Crippen molar-refractivity contribution in [3.63, 3.8) is 0 Å². The maximum Gasteiger partial charge on any atom is 0.270 e. The summed E-state index contributed by atoms with van der Waals surface area (Å²) in [6.45, 7) is 0.829. The summed E-state index contributed by atoms with van der Waals surface area (Å²) in [5.41, 5.74) is 4.28. The molecule has 0 atom stereocenters. The Kier molecular flexibility index (Phi) is 8.01. The van der Waals surface area contributed by atoms with E-state index in [0.29, 0.717) is 6.42 Å². The molecule has 6 heterocycles. The molecule has 2 aromatic carbocycles. The van der Waals surface area contributed by atoms with Crippen LogP contribution in [0.15, 0.2) is 84.9 Å². The van der Waals surface area contributed by atoms with Crippen molar-refractivity contribution < 1.29 is 19.2 Å². The van der Waals surface area contributed by atoms with Crippen LogP contribution in [0.1, 0.15) is 70.6 Å². The molecule has 0 aliphatic carbocycles. The van der Waals surface area contributed by atoms with E-state index in [1.54, 1.807) is 36.4 Å². The molecule has 0 saturated carbocycles. The van der Waals surface area contributed by atoms with Crippen LogP contribution in [-0.4, -0.2) is 33.5 Å². The highest BCUT2D eigenvalue weighted by Gasteiger charge is 2.14. The highest BCUT2D eigenvalue weighted by Crippen LogP contribution is 2.11. The molecule has 0 radical (unpaired) electrons. The molecule has 0 unspecified atom stereocenters. The number of carbonyl (C=O) groups excluding carboxylic acids is 4. The average molecular weight is 534 g/mol. The smallest absolute Gasteiger partial charge is 0.270 e. The second-order valence-corrected chi connectivity index (χ2v) is 9.42. The molecule has 4 aromatic rings. The molecule has 0 fully saturated rings. The molecule has 0 spiro atoms. The van der Waals surface area contributed by atoms with Gasteiger partial charge in [-0.15, -0.1) is 0 Å². The Morgan fingerprint density at radius 1 is 0.425 bits per heavy atom. The minimum atomic E-state index is -0.392. The summed E-state index contributed by atoms with van der Waals surface area (Å²) < 4.78 is 0. The Morgan fingerprint density at radius 3 is 1.20 bits per heavy atom. The van der Waals surface area contributed by atoms with Crippen molar-refractivity contribution in [2.75, 3.05) is 0 Å². The number of carbonyl (C=O) groups is 4. The second kappa shape index (κ2) is 12.1. The maximum absolute atomic E-state index is 12.8. The zero-order valence-corrected chi connectivity index (χ0v) is 21.6. The van der Waals surface area contributed by atoms with E-state index in [2.05, 4.69) is 25.9 Å². The number of ketones is 1. The first-order chi connectivity index (χ1) is 19.4. The van der Waals surface area contributed by atoms with Crippen LogP contribution in [0.3, 0.4) is 0 Å². The van der Waals surface area contributed by atoms with E-state index in [4.69, 9.17) is 0 Å². The zero-order valence-electron chi connectivity index (χ0n) is 21.6. The van der Waals surface area contributed by atoms with Crippen molar-refractivity contribution in [1.29, 1.82) is 0 Å². The van der Waals surface area contributed by atoms with Crippen LogP contribution in [0.2, 0.25) is 0 Å². The SMILES string of the molecule is O=C1CCc2ccc(cc2)CNC(=O)c2cccc(n2)C(=O)NCc2ccc(cc2)CNC(=O)c2cccc1n2. The van der Waals surface area contributed by atoms with Gasteiger partial charge in [0.2, 0.25) is 0 Å². The van der Waals surface area contributed by atoms with Crippen molar-refractivity contribution >= 4 is 23.5 Å². The van der Waals surface area contributed by atoms with Gasteiger partial charge in [-0.05, 0) is 52.9 Å². The van der Waals surface area contributed by atoms with E-state index >= 15 is 0 Å². The van der Waals surface area contributed by atoms with Crippen molar-refractivity contribution in [3.05, 3.63) is 130 Å². The van der Waals surface area contributed by atoms with E-state index in [0.717, 1.165) is 22.3 Å². The number of aromatic nitrogens is 2. The third kappa shape index (κ3) is 6.63. The van der Waals surface area contributed by atoms with Crippen LogP contribution >= 0.6 is 0 Å². The molecule has 3 N–H and O–H groups in total. The molecule has 4 aliphatic heterocycles. The quantitative estimate of drug-likeness (QED) is 0.318. The lowest BCUT2D eigenvalue weighted by molar-refractivity contribution is 0.0929. The molecule has 9 heteroatoms. The fourth-order valence-electron chi connectivity index (χ4n) is 4.21. The minimum absolute atomic E-state index is 0.144. The van der Waals surface area contributed by atoms with Gasteiger partial charge in [0, 0.05) is 26.1 Å². The summed E-state index contributed by atoms with van der Waals surface area (Å²) in [7, 11) is 0. The second-order valence-electron chi connectivity index (χ2n) is 9.42. The molecule has 40 heavy (non-hydrogen) atoms. The Balaban J connectivity index is 1.36. The van der Waals surface area contributed by atoms with Crippen molar-refractivity contribution in [2.24, 2.45) is 0 Å². The normalized spacial score (nSPS) is 14.8. The first-order valence-electron chi connectivity index (χ1n) is 12.9. The summed E-state index contributed by atoms with van der Waals surface area (Å²) >= 11 is 0. The summed E-state index contributed by atoms with van der Waals surface area (Å²) in [6.07, 6.45) is 0.758. The number of amides is 3. The van der Waals surface area contributed by atoms with E-state index in [-0.39, 0.29) is 66.4 Å². The van der Waals surface area contributed by atoms with Crippen LogP contribution in [0.5, 0.6) is 0 Å². The lowest BCUT2D eigenvalue weighted by Crippen LogP contribution is -2.27. The molecular weight excluding hydrogens is 506 g/mol. The number of pyridine rings is 2. The zero-order chi connectivity index (χ0) is 27.9. The van der Waals surface area contributed by atoms with E-state index in [1.807, 2.05) is 48.5 Å². The minimum Gasteiger partial charge on any atom is -0.347 e. The van der Waals surface area contributed by atoms with Gasteiger partial charge in [-0.2, -0.15) is 0 Å². The van der Waals surface area contributed by atoms with Gasteiger partial charge in [0.05, 0.1) is 0 Å². The first-order valence-corrected chi connectivity index (χ1v) is 12.9. The van der Waals surface area contributed by atoms with Crippen molar-refractivity contribution in [1.82, 2.24) is 25.9 Å². The van der Waals surface area contributed by atoms with Gasteiger partial charge < -0.3 is 16.0 Å². The number of benzene rings is 2. The third-order valence-corrected chi connectivity index (χ3v) is 6.53. The lowest BCUT2D eigenvalue weighted by atomic mass is 10.0. The molecule has 9 nitrogen and oxygen atoms in total. The number of aryl methyl sites for hydroxylation is 1. The van der Waals surface area contributed by atoms with Crippen LogP contribution in [0.25, 0.3) is 0 Å². The van der Waals surface area contributed by atoms with Gasteiger partial charge in [0.25, 0.3) is 17.7 Å². The number of nitrogens with one attached hydrogen (secondary N) is 3. The Bertz CT molecular complexity index is 1340. The van der Waals surface area contributed by atoms with Gasteiger partial charge >= 0.3 is 0 Å². The van der Waals surface area contributed by atoms with Crippen LogP contribution in [-0.2, 0) is 26.1 Å². The molecule has 8 rings (SSSR count). The summed E-state index contributed by atoms with van der Waals surface area (Å²) in [5, 5.41) is 8.48. The van der Waals surface area contributed by atoms with Crippen molar-refractivity contribution in [2.45, 2.75) is 32.5 Å². The van der Waals surface area contributed by atoms with Crippen LogP contribution in [0.4, 0.5) is 0 Å². The Labute approximate surface area is 231 Å². The van der Waals surface area contributed by atoms with E-state index in [1.165, 1.54) is 0 Å². The highest BCUT2D eigenvalue weighted by molar-refractivity contribution is 5.97. The number of hydrogen-bond acceptors (Lipinski definition) is 6. The van der Waals surface area contributed by atoms with Crippen molar-refractivity contribution in [3.8, 4) is 0 Å². The molecule has 8 bridgehead atoms. The number of nitrogens with zero attached hydrogens (tertiary/aromatic N) is 2. The summed E-state index contributed by atoms with van der Waals surface area (Å²) in [6, 6.07) is 24.6. The van der Waals surface area contributed by atoms with Gasteiger partial charge in [0.1, 0.15) is 22.8 Å². The lowest BCUT2D eigenvalue weighted by Gasteiger charge is -2.10. The molecule has 2 aromatic heterocycles. The number of rotatable bonds is 0. The standard InChI is InChI=1S/C31H27N5O4/c37-28-16-15-20-7-9-21(10-8-20)17-33-30(39)26-5-2-6-27(36-26)31(40)34-19-23-13-11-22(12-14-23)18-32-29(38)25-4-1-3-24(28)35-25/h1-14H,15-19H2,(H,32,38)(H,33,39)(H,34,40). The van der Waals surface area contributed by atoms with Crippen LogP contribution in [0, 0.1) is 0 Å². The summed E-state index contributed by atoms with van der Waals surface area (Å²) in [5.74, 6) is -1.30. The first kappa shape index (κ1) is 26.4. The fourth-order valence-corrected chi connectivity index (χ4v) is 4.21. The largest absolute Gasteiger partial charge is 0.347 e. The predicted octanol–water partition coefficient (Wildman–Crippen LogP) is 3.40. The van der Waals surface area contributed by atoms with Gasteiger partial charge in [0.15, 0.2) is 5.78 Å². The van der Waals surface area contributed by atoms with Crippen LogP contribution < -0.4 is 16.0 Å². The molecule has 200 valence electrons. The third-order valence-electron chi connectivity index (χ3n) is 6.53. The Morgan fingerprint density at radius 2 is 0.775 bits per heavy atom. The number of Topliss-reactive ketones (excluding diaryl/α,β-unsaturated/α-hetero) is 1. The maximum atomic E-state index is 12.8. The molecule has 4 aliphatic rings. The average Bonchev–Trinajstić information content (AvgIpc) is 3.00.